The van der Waals surface area contributed by atoms with Gasteiger partial charge in [-0.2, -0.15) is 4.39 Å². The van der Waals surface area contributed by atoms with Crippen molar-refractivity contribution < 1.29 is 18.3 Å². The van der Waals surface area contributed by atoms with Gasteiger partial charge in [0.05, 0.1) is 19.0 Å². The molecule has 206 valence electrons. The molecule has 3 N–H and O–H groups in total. The second kappa shape index (κ2) is 12.4. The average molecular weight is 558 g/mol. The number of aryl methyl sites for hydroxylation is 1. The van der Waals surface area contributed by atoms with E-state index in [1.165, 1.54) is 25.4 Å². The predicted octanol–water partition coefficient (Wildman–Crippen LogP) is 3.79. The number of imidazole rings is 1. The number of hydrogen-bond acceptors (Lipinski definition) is 7. The van der Waals surface area contributed by atoms with Gasteiger partial charge >= 0.3 is 0 Å². The first kappa shape index (κ1) is 28.2. The Balaban J connectivity index is 0.00000353. The maximum Gasteiger partial charge on any atom is 0.251 e. The van der Waals surface area contributed by atoms with E-state index in [-0.39, 0.29) is 29.6 Å². The molecular formula is C27H30ClF2N7O2. The SMILES string of the molecule is COc1ccc(-c2cnc3c(Nc4ccc(C(=O)NCCN5CCNCC5)c(C)c4)nccn23)c(F)c1F.Cl. The van der Waals surface area contributed by atoms with Crippen LogP contribution in [0.3, 0.4) is 0 Å². The van der Waals surface area contributed by atoms with Crippen LogP contribution in [0.25, 0.3) is 16.9 Å². The van der Waals surface area contributed by atoms with Gasteiger partial charge in [0.1, 0.15) is 0 Å². The Morgan fingerprint density at radius 2 is 1.92 bits per heavy atom. The molecule has 12 heteroatoms. The molecule has 5 rings (SSSR count). The minimum absolute atomic E-state index is 0. The van der Waals surface area contributed by atoms with Gasteiger partial charge in [0.15, 0.2) is 23.0 Å². The molecule has 1 aliphatic heterocycles. The van der Waals surface area contributed by atoms with E-state index in [1.807, 2.05) is 13.0 Å². The molecule has 1 fully saturated rings. The van der Waals surface area contributed by atoms with Crippen LogP contribution in [-0.4, -0.2) is 71.6 Å². The summed E-state index contributed by atoms with van der Waals surface area (Å²) in [6.45, 7) is 7.20. The van der Waals surface area contributed by atoms with Gasteiger partial charge in [-0.3, -0.25) is 14.1 Å². The smallest absolute Gasteiger partial charge is 0.251 e. The third-order valence-corrected chi connectivity index (χ3v) is 6.63. The minimum atomic E-state index is -1.06. The van der Waals surface area contributed by atoms with E-state index < -0.39 is 11.6 Å². The number of amides is 1. The largest absolute Gasteiger partial charge is 0.494 e. The lowest BCUT2D eigenvalue weighted by Crippen LogP contribution is -2.46. The van der Waals surface area contributed by atoms with Crippen molar-refractivity contribution >= 4 is 35.5 Å². The highest BCUT2D eigenvalue weighted by Crippen LogP contribution is 2.31. The summed E-state index contributed by atoms with van der Waals surface area (Å²) in [7, 11) is 1.28. The lowest BCUT2D eigenvalue weighted by Gasteiger charge is -2.27. The highest BCUT2D eigenvalue weighted by molar-refractivity contribution is 5.96. The quantitative estimate of drug-likeness (QED) is 0.303. The van der Waals surface area contributed by atoms with Crippen LogP contribution in [0.5, 0.6) is 5.75 Å². The van der Waals surface area contributed by atoms with Crippen LogP contribution in [0.1, 0.15) is 15.9 Å². The molecule has 4 aromatic rings. The molecule has 1 aliphatic rings. The number of rotatable bonds is 8. The molecule has 3 heterocycles. The van der Waals surface area contributed by atoms with Crippen LogP contribution in [0.15, 0.2) is 48.9 Å². The van der Waals surface area contributed by atoms with Crippen molar-refractivity contribution in [1.29, 1.82) is 0 Å². The van der Waals surface area contributed by atoms with Gasteiger partial charge in [-0.15, -0.1) is 12.4 Å². The van der Waals surface area contributed by atoms with Crippen LogP contribution in [0, 0.1) is 18.6 Å². The second-order valence-electron chi connectivity index (χ2n) is 9.06. The molecule has 1 amide bonds. The lowest BCUT2D eigenvalue weighted by atomic mass is 10.1. The fraction of sp³-hybridized carbons (Fsp3) is 0.296. The van der Waals surface area contributed by atoms with E-state index in [1.54, 1.807) is 28.9 Å². The van der Waals surface area contributed by atoms with Crippen LogP contribution in [0.2, 0.25) is 0 Å². The molecule has 2 aromatic heterocycles. The molecule has 2 aromatic carbocycles. The summed E-state index contributed by atoms with van der Waals surface area (Å²) >= 11 is 0. The van der Waals surface area contributed by atoms with Crippen molar-refractivity contribution in [2.75, 3.05) is 51.7 Å². The van der Waals surface area contributed by atoms with Gasteiger partial charge in [0, 0.05) is 68.5 Å². The first-order valence-electron chi connectivity index (χ1n) is 12.4. The summed E-state index contributed by atoms with van der Waals surface area (Å²) in [4.78, 5) is 23.8. The Morgan fingerprint density at radius 3 is 2.67 bits per heavy atom. The number of nitrogens with zero attached hydrogens (tertiary/aromatic N) is 4. The number of benzene rings is 2. The number of nitrogens with one attached hydrogen (secondary N) is 3. The molecule has 9 nitrogen and oxygen atoms in total. The van der Waals surface area contributed by atoms with E-state index in [0.717, 1.165) is 38.3 Å². The molecule has 0 radical (unpaired) electrons. The maximum atomic E-state index is 14.7. The van der Waals surface area contributed by atoms with Gasteiger partial charge in [0.25, 0.3) is 5.91 Å². The van der Waals surface area contributed by atoms with E-state index >= 15 is 0 Å². The van der Waals surface area contributed by atoms with Gasteiger partial charge in [-0.05, 0) is 42.8 Å². The number of ether oxygens (including phenoxy) is 1. The Morgan fingerprint density at radius 1 is 1.13 bits per heavy atom. The van der Waals surface area contributed by atoms with Crippen LogP contribution in [-0.2, 0) is 0 Å². The summed E-state index contributed by atoms with van der Waals surface area (Å²) in [6.07, 6.45) is 4.64. The highest BCUT2D eigenvalue weighted by atomic mass is 35.5. The van der Waals surface area contributed by atoms with Crippen molar-refractivity contribution in [1.82, 2.24) is 29.9 Å². The molecule has 0 saturated carbocycles. The summed E-state index contributed by atoms with van der Waals surface area (Å²) in [5, 5.41) is 9.54. The monoisotopic (exact) mass is 557 g/mol. The van der Waals surface area contributed by atoms with Crippen molar-refractivity contribution in [3.05, 3.63) is 71.7 Å². The zero-order valence-electron chi connectivity index (χ0n) is 21.6. The van der Waals surface area contributed by atoms with Crippen molar-refractivity contribution in [2.24, 2.45) is 0 Å². The zero-order chi connectivity index (χ0) is 26.6. The standard InChI is InChI=1S/C27H29F2N7O2.ClH/c1-17-15-18(3-4-19(17)27(37)32-9-13-35-11-7-30-8-12-35)34-25-26-33-16-21(36(26)14-10-31-25)20-5-6-22(38-2)24(29)23(20)28;/h3-6,10,14-16,30H,7-9,11-13H2,1-2H3,(H,31,34)(H,32,37);1H. The third kappa shape index (κ3) is 5.95. The number of anilines is 2. The van der Waals surface area contributed by atoms with Crippen LogP contribution >= 0.6 is 12.4 Å². The van der Waals surface area contributed by atoms with Crippen LogP contribution in [0.4, 0.5) is 20.3 Å². The summed E-state index contributed by atoms with van der Waals surface area (Å²) in [5.74, 6) is -1.93. The first-order chi connectivity index (χ1) is 18.5. The number of aromatic nitrogens is 3. The number of halogens is 3. The number of carbonyl (C=O) groups excluding carboxylic acids is 1. The molecule has 0 spiro atoms. The lowest BCUT2D eigenvalue weighted by molar-refractivity contribution is 0.0946. The number of hydrogen-bond donors (Lipinski definition) is 3. The molecule has 0 unspecified atom stereocenters. The highest BCUT2D eigenvalue weighted by Gasteiger charge is 2.19. The molecule has 39 heavy (non-hydrogen) atoms. The van der Waals surface area contributed by atoms with Crippen molar-refractivity contribution in [2.45, 2.75) is 6.92 Å². The molecule has 0 bridgehead atoms. The van der Waals surface area contributed by atoms with Crippen molar-refractivity contribution in [3.8, 4) is 17.0 Å². The Labute approximate surface area is 231 Å². The molecular weight excluding hydrogens is 528 g/mol. The van der Waals surface area contributed by atoms with E-state index in [9.17, 15) is 13.6 Å². The van der Waals surface area contributed by atoms with Gasteiger partial charge in [-0.1, -0.05) is 0 Å². The molecule has 0 atom stereocenters. The Bertz CT molecular complexity index is 1470. The van der Waals surface area contributed by atoms with E-state index in [0.29, 0.717) is 35.0 Å². The normalized spacial score (nSPS) is 13.6. The predicted molar refractivity (Wildman–Crippen MR) is 148 cm³/mol. The summed E-state index contributed by atoms with van der Waals surface area (Å²) in [6, 6.07) is 8.25. The van der Waals surface area contributed by atoms with E-state index in [4.69, 9.17) is 4.74 Å². The third-order valence-electron chi connectivity index (χ3n) is 6.63. The fourth-order valence-corrected chi connectivity index (χ4v) is 4.58. The number of piperazine rings is 1. The van der Waals surface area contributed by atoms with Gasteiger partial charge < -0.3 is 20.7 Å². The van der Waals surface area contributed by atoms with Gasteiger partial charge in [0.2, 0.25) is 5.82 Å². The number of fused-ring (bicyclic) bond motifs is 1. The molecule has 0 aliphatic carbocycles. The number of methoxy groups -OCH3 is 1. The maximum absolute atomic E-state index is 14.7. The van der Waals surface area contributed by atoms with Crippen LogP contribution < -0.4 is 20.7 Å². The minimum Gasteiger partial charge on any atom is -0.494 e. The van der Waals surface area contributed by atoms with E-state index in [2.05, 4.69) is 30.8 Å². The fourth-order valence-electron chi connectivity index (χ4n) is 4.58. The first-order valence-corrected chi connectivity index (χ1v) is 12.4. The Hall–Kier alpha value is -3.80. The molecule has 1 saturated heterocycles. The van der Waals surface area contributed by atoms with Crippen molar-refractivity contribution in [3.63, 3.8) is 0 Å². The average Bonchev–Trinajstić information content (AvgIpc) is 3.36. The Kier molecular flexibility index (Phi) is 8.95. The summed E-state index contributed by atoms with van der Waals surface area (Å²) < 4.78 is 35.6. The summed E-state index contributed by atoms with van der Waals surface area (Å²) in [5.41, 5.74) is 2.98. The second-order valence-corrected chi connectivity index (χ2v) is 9.06. The topological polar surface area (TPSA) is 95.8 Å². The number of carbonyl (C=O) groups is 1. The van der Waals surface area contributed by atoms with Gasteiger partial charge in [-0.25, -0.2) is 14.4 Å². The zero-order valence-corrected chi connectivity index (χ0v) is 22.4.